The molecule has 8 heteroatoms. The first-order valence-electron chi connectivity index (χ1n) is 11.7. The fourth-order valence-corrected chi connectivity index (χ4v) is 5.28. The second-order valence-electron chi connectivity index (χ2n) is 8.63. The van der Waals surface area contributed by atoms with Gasteiger partial charge in [0.2, 0.25) is 0 Å². The van der Waals surface area contributed by atoms with E-state index in [0.717, 1.165) is 69.4 Å². The summed E-state index contributed by atoms with van der Waals surface area (Å²) in [5.41, 5.74) is 5.42. The predicted molar refractivity (Wildman–Crippen MR) is 139 cm³/mol. The van der Waals surface area contributed by atoms with Crippen LogP contribution in [0.15, 0.2) is 52.4 Å². The van der Waals surface area contributed by atoms with Gasteiger partial charge in [0, 0.05) is 44.6 Å². The van der Waals surface area contributed by atoms with Crippen LogP contribution in [0.1, 0.15) is 11.1 Å². The van der Waals surface area contributed by atoms with Gasteiger partial charge in [-0.3, -0.25) is 9.69 Å². The number of hydrogen-bond acceptors (Lipinski definition) is 7. The van der Waals surface area contributed by atoms with Crippen molar-refractivity contribution in [3.05, 3.63) is 58.5 Å². The maximum absolute atomic E-state index is 12.9. The number of hydrogen-bond donors (Lipinski definition) is 0. The first-order valence-corrected chi connectivity index (χ1v) is 12.5. The molecule has 34 heavy (non-hydrogen) atoms. The van der Waals surface area contributed by atoms with Crippen LogP contribution in [0, 0.1) is 6.92 Å². The summed E-state index contributed by atoms with van der Waals surface area (Å²) in [7, 11) is 1.78. The Balaban J connectivity index is 1.31. The summed E-state index contributed by atoms with van der Waals surface area (Å²) >= 11 is 1.42. The van der Waals surface area contributed by atoms with E-state index in [4.69, 9.17) is 14.5 Å². The number of thioether (sulfide) groups is 1. The van der Waals surface area contributed by atoms with Crippen LogP contribution in [0.5, 0.6) is 0 Å². The van der Waals surface area contributed by atoms with E-state index in [1.165, 1.54) is 23.1 Å². The highest BCUT2D eigenvalue weighted by molar-refractivity contribution is 8.18. The van der Waals surface area contributed by atoms with E-state index in [1.807, 2.05) is 18.2 Å². The molecular formula is C26H30N4O3S. The number of likely N-dealkylation sites (N-methyl/N-ethyl adjacent to an activating group) is 1. The van der Waals surface area contributed by atoms with Crippen molar-refractivity contribution in [3.8, 4) is 0 Å². The molecule has 0 aromatic heterocycles. The first-order chi connectivity index (χ1) is 16.6. The Morgan fingerprint density at radius 3 is 2.09 bits per heavy atom. The smallest absolute Gasteiger partial charge is 0.266 e. The Bertz CT molecular complexity index is 1100. The van der Waals surface area contributed by atoms with Gasteiger partial charge in [0.05, 0.1) is 37.0 Å². The molecular weight excluding hydrogens is 448 g/mol. The first kappa shape index (κ1) is 23.0. The zero-order valence-corrected chi connectivity index (χ0v) is 20.5. The summed E-state index contributed by atoms with van der Waals surface area (Å²) in [6, 6.07) is 14.6. The largest absolute Gasteiger partial charge is 0.378 e. The summed E-state index contributed by atoms with van der Waals surface area (Å²) in [5, 5.41) is 0.693. The molecule has 3 heterocycles. The number of amidine groups is 1. The van der Waals surface area contributed by atoms with E-state index in [-0.39, 0.29) is 5.91 Å². The van der Waals surface area contributed by atoms with E-state index in [9.17, 15) is 4.79 Å². The number of ether oxygens (including phenoxy) is 2. The second kappa shape index (κ2) is 10.2. The Labute approximate surface area is 205 Å². The lowest BCUT2D eigenvalue weighted by molar-refractivity contribution is -0.121. The van der Waals surface area contributed by atoms with Crippen LogP contribution in [0.4, 0.5) is 17.1 Å². The van der Waals surface area contributed by atoms with Gasteiger partial charge in [-0.15, -0.1) is 0 Å². The average Bonchev–Trinajstić information content (AvgIpc) is 3.14. The molecule has 0 aliphatic carbocycles. The number of aliphatic imine (C=N–C) groups is 1. The summed E-state index contributed by atoms with van der Waals surface area (Å²) in [6.45, 7) is 8.77. The lowest BCUT2D eigenvalue weighted by Crippen LogP contribution is -2.36. The summed E-state index contributed by atoms with van der Waals surface area (Å²) in [5.74, 6) is -0.0228. The van der Waals surface area contributed by atoms with Gasteiger partial charge in [-0.2, -0.15) is 0 Å². The lowest BCUT2D eigenvalue weighted by atomic mass is 10.1. The van der Waals surface area contributed by atoms with Gasteiger partial charge in [0.25, 0.3) is 5.91 Å². The summed E-state index contributed by atoms with van der Waals surface area (Å²) < 4.78 is 10.9. The Morgan fingerprint density at radius 1 is 0.882 bits per heavy atom. The van der Waals surface area contributed by atoms with Crippen LogP contribution < -0.4 is 9.80 Å². The van der Waals surface area contributed by atoms with E-state index in [1.54, 1.807) is 11.9 Å². The monoisotopic (exact) mass is 478 g/mol. The van der Waals surface area contributed by atoms with Crippen LogP contribution in [0.2, 0.25) is 0 Å². The van der Waals surface area contributed by atoms with Crippen molar-refractivity contribution < 1.29 is 14.3 Å². The summed E-state index contributed by atoms with van der Waals surface area (Å²) in [6.07, 6.45) is 1.98. The number of morpholine rings is 2. The molecule has 2 aromatic carbocycles. The van der Waals surface area contributed by atoms with Crippen LogP contribution in [-0.4, -0.2) is 75.6 Å². The molecule has 3 aliphatic heterocycles. The molecule has 3 fully saturated rings. The van der Waals surface area contributed by atoms with Crippen molar-refractivity contribution in [2.24, 2.45) is 4.99 Å². The zero-order valence-electron chi connectivity index (χ0n) is 19.7. The fraction of sp³-hybridized carbons (Fsp3) is 0.385. The van der Waals surface area contributed by atoms with E-state index in [2.05, 4.69) is 47.1 Å². The Hall–Kier alpha value is -2.81. The lowest BCUT2D eigenvalue weighted by Gasteiger charge is -2.29. The number of carbonyl (C=O) groups is 1. The Morgan fingerprint density at radius 2 is 1.47 bits per heavy atom. The van der Waals surface area contributed by atoms with Gasteiger partial charge in [0.1, 0.15) is 0 Å². The zero-order chi connectivity index (χ0) is 23.5. The SMILES string of the molecule is Cc1cc(N2CCOCC2)ccc1C=C1SC(=Nc2ccc(N3CCOCC3)cc2)N(C)C1=O. The van der Waals surface area contributed by atoms with Gasteiger partial charge in [-0.1, -0.05) is 6.07 Å². The number of amides is 1. The van der Waals surface area contributed by atoms with E-state index >= 15 is 0 Å². The highest BCUT2D eigenvalue weighted by atomic mass is 32.2. The normalized spacial score (nSPS) is 21.7. The van der Waals surface area contributed by atoms with Crippen molar-refractivity contribution >= 4 is 46.0 Å². The van der Waals surface area contributed by atoms with Crippen molar-refractivity contribution in [2.45, 2.75) is 6.92 Å². The molecule has 3 aliphatic rings. The maximum Gasteiger partial charge on any atom is 0.266 e. The second-order valence-corrected chi connectivity index (χ2v) is 9.63. The van der Waals surface area contributed by atoms with Gasteiger partial charge in [0.15, 0.2) is 5.17 Å². The molecule has 0 saturated carbocycles. The standard InChI is InChI=1S/C26H30N4O3S/c1-19-17-23(30-11-15-33-16-12-30)6-3-20(19)18-24-25(31)28(2)26(34-24)27-21-4-7-22(8-5-21)29-9-13-32-14-10-29/h3-8,17-18H,9-16H2,1-2H3. The molecule has 0 N–H and O–H groups in total. The van der Waals surface area contributed by atoms with Crippen molar-refractivity contribution in [2.75, 3.05) is 69.5 Å². The van der Waals surface area contributed by atoms with Gasteiger partial charge < -0.3 is 19.3 Å². The third-order valence-corrected chi connectivity index (χ3v) is 7.43. The molecule has 0 spiro atoms. The van der Waals surface area contributed by atoms with E-state index < -0.39 is 0 Å². The van der Waals surface area contributed by atoms with Crippen molar-refractivity contribution in [1.29, 1.82) is 0 Å². The Kier molecular flexibility index (Phi) is 6.89. The average molecular weight is 479 g/mol. The third-order valence-electron chi connectivity index (χ3n) is 6.37. The highest BCUT2D eigenvalue weighted by Crippen LogP contribution is 2.34. The number of aryl methyl sites for hydroxylation is 1. The molecule has 1 amide bonds. The quantitative estimate of drug-likeness (QED) is 0.622. The molecule has 2 aromatic rings. The third kappa shape index (κ3) is 4.99. The van der Waals surface area contributed by atoms with Crippen LogP contribution in [0.25, 0.3) is 6.08 Å². The van der Waals surface area contributed by atoms with Crippen molar-refractivity contribution in [3.63, 3.8) is 0 Å². The number of rotatable bonds is 4. The van der Waals surface area contributed by atoms with E-state index in [0.29, 0.717) is 10.1 Å². The summed E-state index contributed by atoms with van der Waals surface area (Å²) in [4.78, 5) is 24.6. The molecule has 0 unspecified atom stereocenters. The minimum absolute atomic E-state index is 0.0228. The molecule has 3 saturated heterocycles. The topological polar surface area (TPSA) is 57.6 Å². The molecule has 0 bridgehead atoms. The predicted octanol–water partition coefficient (Wildman–Crippen LogP) is 3.90. The highest BCUT2D eigenvalue weighted by Gasteiger charge is 2.30. The molecule has 7 nitrogen and oxygen atoms in total. The minimum atomic E-state index is -0.0228. The molecule has 5 rings (SSSR count). The minimum Gasteiger partial charge on any atom is -0.378 e. The maximum atomic E-state index is 12.9. The van der Waals surface area contributed by atoms with Crippen molar-refractivity contribution in [1.82, 2.24) is 4.90 Å². The fourth-order valence-electron chi connectivity index (χ4n) is 4.30. The number of benzene rings is 2. The molecule has 178 valence electrons. The van der Waals surface area contributed by atoms with Gasteiger partial charge >= 0.3 is 0 Å². The van der Waals surface area contributed by atoms with Crippen LogP contribution in [-0.2, 0) is 14.3 Å². The van der Waals surface area contributed by atoms with Crippen LogP contribution >= 0.6 is 11.8 Å². The van der Waals surface area contributed by atoms with Crippen LogP contribution in [0.3, 0.4) is 0 Å². The number of carbonyl (C=O) groups excluding carboxylic acids is 1. The van der Waals surface area contributed by atoms with Gasteiger partial charge in [-0.05, 0) is 72.3 Å². The molecule has 0 atom stereocenters. The van der Waals surface area contributed by atoms with Gasteiger partial charge in [-0.25, -0.2) is 4.99 Å². The number of nitrogens with zero attached hydrogens (tertiary/aromatic N) is 4. The number of anilines is 2. The molecule has 0 radical (unpaired) electrons.